The number of alkyl halides is 1. The Hall–Kier alpha value is -2.19. The first kappa shape index (κ1) is 18.2. The number of thioether (sulfide) groups is 1. The highest BCUT2D eigenvalue weighted by atomic mass is 35.5. The summed E-state index contributed by atoms with van der Waals surface area (Å²) in [5.74, 6) is -1.17. The number of benzene rings is 1. The van der Waals surface area contributed by atoms with Crippen LogP contribution in [0.5, 0.6) is 0 Å². The number of nitrogens with zero attached hydrogens (tertiary/aromatic N) is 2. The summed E-state index contributed by atoms with van der Waals surface area (Å²) in [6.07, 6.45) is 2.08. The van der Waals surface area contributed by atoms with Crippen LogP contribution in [0.1, 0.15) is 22.5 Å². The van der Waals surface area contributed by atoms with Crippen molar-refractivity contribution in [1.82, 2.24) is 4.98 Å². The van der Waals surface area contributed by atoms with E-state index in [1.54, 1.807) is 6.07 Å². The number of nitrogens with one attached hydrogen (secondary N) is 1. The van der Waals surface area contributed by atoms with Gasteiger partial charge in [0.1, 0.15) is 23.7 Å². The number of pyridine rings is 1. The standard InChI is InChI=1S/C18H15ClF2N4OS/c19-9-1-4-14(23-7-9)16(26)24-10-2-3-13(21)11(5-10)18(8-20)12-6-15(12)27-17(22)25-18/h1-5,7,12,15H,6,8H2,(H2,22,25)(H,24,26)/t12-,15+,18-/m1/s1. The van der Waals surface area contributed by atoms with Crippen molar-refractivity contribution in [2.24, 2.45) is 16.6 Å². The van der Waals surface area contributed by atoms with Crippen LogP contribution in [0.4, 0.5) is 14.5 Å². The molecule has 5 nitrogen and oxygen atoms in total. The third-order valence-electron chi connectivity index (χ3n) is 4.78. The van der Waals surface area contributed by atoms with Crippen molar-refractivity contribution >= 4 is 40.1 Å². The lowest BCUT2D eigenvalue weighted by molar-refractivity contribution is 0.102. The number of nitrogens with two attached hydrogens (primary N) is 1. The van der Waals surface area contributed by atoms with Crippen molar-refractivity contribution < 1.29 is 13.6 Å². The number of carbonyl (C=O) groups excluding carboxylic acids is 1. The van der Waals surface area contributed by atoms with Gasteiger partial charge in [-0.2, -0.15) is 0 Å². The number of hydrogen-bond acceptors (Lipinski definition) is 5. The molecule has 0 saturated heterocycles. The molecule has 0 radical (unpaired) electrons. The second-order valence-electron chi connectivity index (χ2n) is 6.52. The zero-order valence-electron chi connectivity index (χ0n) is 14.0. The van der Waals surface area contributed by atoms with Crippen molar-refractivity contribution in [1.29, 1.82) is 0 Å². The van der Waals surface area contributed by atoms with Gasteiger partial charge in [-0.1, -0.05) is 23.4 Å². The largest absolute Gasteiger partial charge is 0.379 e. The highest BCUT2D eigenvalue weighted by molar-refractivity contribution is 8.14. The molecule has 1 fully saturated rings. The molecule has 2 aliphatic rings. The molecule has 1 aromatic heterocycles. The molecule has 2 heterocycles. The van der Waals surface area contributed by atoms with Crippen LogP contribution in [0, 0.1) is 11.7 Å². The third-order valence-corrected chi connectivity index (χ3v) is 6.16. The lowest BCUT2D eigenvalue weighted by Gasteiger charge is -2.31. The summed E-state index contributed by atoms with van der Waals surface area (Å²) in [5.41, 5.74) is 5.07. The molecule has 2 aromatic rings. The van der Waals surface area contributed by atoms with Crippen LogP contribution in [0.15, 0.2) is 41.5 Å². The quantitative estimate of drug-likeness (QED) is 0.807. The van der Waals surface area contributed by atoms with Crippen LogP contribution in [0.2, 0.25) is 5.02 Å². The van der Waals surface area contributed by atoms with Gasteiger partial charge in [-0.25, -0.2) is 18.8 Å². The summed E-state index contributed by atoms with van der Waals surface area (Å²) < 4.78 is 28.7. The number of rotatable bonds is 4. The first-order valence-electron chi connectivity index (χ1n) is 8.24. The predicted octanol–water partition coefficient (Wildman–Crippen LogP) is 3.74. The van der Waals surface area contributed by atoms with Gasteiger partial charge in [-0.15, -0.1) is 0 Å². The highest BCUT2D eigenvalue weighted by Gasteiger charge is 2.58. The number of amides is 1. The number of aliphatic imine (C=N–C) groups is 1. The van der Waals surface area contributed by atoms with E-state index in [0.29, 0.717) is 10.7 Å². The van der Waals surface area contributed by atoms with Gasteiger partial charge in [0, 0.05) is 28.6 Å². The molecule has 1 aliphatic carbocycles. The van der Waals surface area contributed by atoms with E-state index in [2.05, 4.69) is 15.3 Å². The fourth-order valence-corrected chi connectivity index (χ4v) is 4.70. The van der Waals surface area contributed by atoms with E-state index in [1.807, 2.05) is 0 Å². The monoisotopic (exact) mass is 408 g/mol. The second kappa shape index (κ2) is 6.76. The van der Waals surface area contributed by atoms with Crippen LogP contribution < -0.4 is 11.1 Å². The highest BCUT2D eigenvalue weighted by Crippen LogP contribution is 2.58. The fourth-order valence-electron chi connectivity index (χ4n) is 3.37. The van der Waals surface area contributed by atoms with E-state index in [9.17, 15) is 13.6 Å². The number of amidine groups is 1. The van der Waals surface area contributed by atoms with E-state index in [0.717, 1.165) is 6.42 Å². The Bertz CT molecular complexity index is 939. The molecule has 0 unspecified atom stereocenters. The van der Waals surface area contributed by atoms with Crippen molar-refractivity contribution in [3.8, 4) is 0 Å². The van der Waals surface area contributed by atoms with Crippen LogP contribution in [-0.4, -0.2) is 28.0 Å². The maximum absolute atomic E-state index is 14.6. The summed E-state index contributed by atoms with van der Waals surface area (Å²) in [6.45, 7) is -0.859. The van der Waals surface area contributed by atoms with E-state index in [1.165, 1.54) is 42.2 Å². The summed E-state index contributed by atoms with van der Waals surface area (Å²) in [6, 6.07) is 7.05. The fraction of sp³-hybridized carbons (Fsp3) is 0.278. The third kappa shape index (κ3) is 3.27. The maximum atomic E-state index is 14.6. The Kier molecular flexibility index (Phi) is 4.55. The molecule has 1 aliphatic heterocycles. The lowest BCUT2D eigenvalue weighted by Crippen LogP contribution is -2.36. The summed E-state index contributed by atoms with van der Waals surface area (Å²) >= 11 is 7.16. The Labute approximate surface area is 163 Å². The molecular formula is C18H15ClF2N4OS. The number of carbonyl (C=O) groups is 1. The van der Waals surface area contributed by atoms with Gasteiger partial charge in [0.2, 0.25) is 0 Å². The van der Waals surface area contributed by atoms with Gasteiger partial charge in [0.15, 0.2) is 5.17 Å². The Morgan fingerprint density at radius 1 is 1.41 bits per heavy atom. The SMILES string of the molecule is NC1=N[C@](CF)(c2cc(NC(=O)c3ccc(Cl)cn3)ccc2F)[C@@H]2C[C@@H]2S1. The van der Waals surface area contributed by atoms with E-state index < -0.39 is 23.9 Å². The number of fused-ring (bicyclic) bond motifs is 1. The van der Waals surface area contributed by atoms with Crippen LogP contribution in [-0.2, 0) is 5.54 Å². The van der Waals surface area contributed by atoms with Gasteiger partial charge in [-0.3, -0.25) is 4.79 Å². The molecule has 4 rings (SSSR count). The number of aromatic nitrogens is 1. The molecule has 140 valence electrons. The molecular weight excluding hydrogens is 394 g/mol. The lowest BCUT2D eigenvalue weighted by atomic mass is 9.86. The average Bonchev–Trinajstić information content (AvgIpc) is 3.43. The second-order valence-corrected chi connectivity index (χ2v) is 8.21. The van der Waals surface area contributed by atoms with E-state index >= 15 is 0 Å². The predicted molar refractivity (Wildman–Crippen MR) is 102 cm³/mol. The van der Waals surface area contributed by atoms with Gasteiger partial charge in [-0.05, 0) is 36.8 Å². The summed E-state index contributed by atoms with van der Waals surface area (Å²) in [5, 5.41) is 3.46. The molecule has 0 spiro atoms. The molecule has 3 atom stereocenters. The molecule has 1 amide bonds. The normalized spacial score (nSPS) is 26.1. The molecule has 9 heteroatoms. The molecule has 27 heavy (non-hydrogen) atoms. The molecule has 3 N–H and O–H groups in total. The van der Waals surface area contributed by atoms with Crippen molar-refractivity contribution in [3.63, 3.8) is 0 Å². The van der Waals surface area contributed by atoms with Gasteiger partial charge in [0.05, 0.1) is 5.02 Å². The molecule has 1 aromatic carbocycles. The summed E-state index contributed by atoms with van der Waals surface area (Å²) in [7, 11) is 0. The van der Waals surface area contributed by atoms with Crippen LogP contribution in [0.3, 0.4) is 0 Å². The van der Waals surface area contributed by atoms with Crippen molar-refractivity contribution in [2.45, 2.75) is 17.2 Å². The Morgan fingerprint density at radius 3 is 2.93 bits per heavy atom. The topological polar surface area (TPSA) is 80.4 Å². The van der Waals surface area contributed by atoms with Gasteiger partial charge < -0.3 is 11.1 Å². The van der Waals surface area contributed by atoms with Crippen molar-refractivity contribution in [3.05, 3.63) is 58.6 Å². The number of halogens is 3. The maximum Gasteiger partial charge on any atom is 0.274 e. The van der Waals surface area contributed by atoms with E-state index in [-0.39, 0.29) is 27.6 Å². The Morgan fingerprint density at radius 2 is 2.22 bits per heavy atom. The minimum Gasteiger partial charge on any atom is -0.379 e. The van der Waals surface area contributed by atoms with Crippen molar-refractivity contribution in [2.75, 3.05) is 12.0 Å². The zero-order valence-corrected chi connectivity index (χ0v) is 15.5. The first-order chi connectivity index (χ1) is 12.9. The zero-order chi connectivity index (χ0) is 19.2. The number of hydrogen-bond donors (Lipinski definition) is 2. The smallest absolute Gasteiger partial charge is 0.274 e. The van der Waals surface area contributed by atoms with Crippen LogP contribution in [0.25, 0.3) is 0 Å². The van der Waals surface area contributed by atoms with Gasteiger partial charge in [0.25, 0.3) is 5.91 Å². The minimum absolute atomic E-state index is 0.0996. The van der Waals surface area contributed by atoms with E-state index in [4.69, 9.17) is 17.3 Å². The van der Waals surface area contributed by atoms with Gasteiger partial charge >= 0.3 is 0 Å². The van der Waals surface area contributed by atoms with Crippen LogP contribution >= 0.6 is 23.4 Å². The molecule has 0 bridgehead atoms. The average molecular weight is 409 g/mol. The minimum atomic E-state index is -1.34. The number of anilines is 1. The summed E-state index contributed by atoms with van der Waals surface area (Å²) in [4.78, 5) is 20.6. The molecule has 1 saturated carbocycles. The first-order valence-corrected chi connectivity index (χ1v) is 9.49. The Balaban J connectivity index is 1.66.